The van der Waals surface area contributed by atoms with Gasteiger partial charge in [0.1, 0.15) is 28.6 Å². The van der Waals surface area contributed by atoms with Crippen molar-refractivity contribution < 1.29 is 14.3 Å². The molecule has 4 aromatic heterocycles. The van der Waals surface area contributed by atoms with Crippen molar-refractivity contribution in [1.29, 1.82) is 0 Å². The van der Waals surface area contributed by atoms with Gasteiger partial charge >= 0.3 is 0 Å². The number of rotatable bonds is 6. The number of H-pyrrole nitrogens is 1. The molecule has 0 bridgehead atoms. The second-order valence-electron chi connectivity index (χ2n) is 9.25. The number of methoxy groups -OCH3 is 1. The predicted molar refractivity (Wildman–Crippen MR) is 145 cm³/mol. The summed E-state index contributed by atoms with van der Waals surface area (Å²) < 4.78 is 11.2. The normalized spacial score (nSPS) is 15.6. The molecule has 0 aliphatic carbocycles. The first-order chi connectivity index (χ1) is 19.0. The maximum Gasteiger partial charge on any atom is 0.295 e. The molecule has 1 aliphatic rings. The largest absolute Gasteiger partial charge is 0.494 e. The van der Waals surface area contributed by atoms with Gasteiger partial charge in [0, 0.05) is 49.0 Å². The standard InChI is InChI=1S/C26H25N9O3S/c1-15-13-33(26-21(30-32-39-26)17-7-5-4-6-8-17)9-10-34(15)25(37)23(36)18-11-27-22-20(18)19(38-3)12-28-24(22)35-14-29-16(2)31-35/h4-8,11-12,14-15,27H,9-10,13H2,1-3H3/t15-/m1/s1. The number of aryl methyl sites for hydroxylation is 1. The second-order valence-corrected chi connectivity index (χ2v) is 9.99. The number of nitrogens with zero attached hydrogens (tertiary/aromatic N) is 8. The summed E-state index contributed by atoms with van der Waals surface area (Å²) in [6, 6.07) is 9.70. The van der Waals surface area contributed by atoms with Crippen LogP contribution in [0.2, 0.25) is 0 Å². The minimum atomic E-state index is -0.615. The van der Waals surface area contributed by atoms with Crippen LogP contribution in [-0.2, 0) is 4.79 Å². The number of hydrogen-bond donors (Lipinski definition) is 1. The molecular weight excluding hydrogens is 518 g/mol. The number of Topliss-reactive ketones (excluding diaryl/α,β-unsaturated/α-hetero) is 1. The molecule has 12 nitrogen and oxygen atoms in total. The van der Waals surface area contributed by atoms with Crippen LogP contribution in [0, 0.1) is 6.92 Å². The minimum Gasteiger partial charge on any atom is -0.494 e. The number of carbonyl (C=O) groups excluding carboxylic acids is 2. The average Bonchev–Trinajstić information content (AvgIpc) is 3.72. The molecule has 0 spiro atoms. The maximum absolute atomic E-state index is 13.6. The quantitative estimate of drug-likeness (QED) is 0.253. The van der Waals surface area contributed by atoms with Crippen LogP contribution in [0.15, 0.2) is 49.1 Å². The summed E-state index contributed by atoms with van der Waals surface area (Å²) in [6.45, 7) is 5.22. The molecule has 1 fully saturated rings. The van der Waals surface area contributed by atoms with E-state index in [0.717, 1.165) is 16.3 Å². The molecule has 39 heavy (non-hydrogen) atoms. The lowest BCUT2D eigenvalue weighted by molar-refractivity contribution is -0.128. The van der Waals surface area contributed by atoms with E-state index >= 15 is 0 Å². The molecule has 5 heterocycles. The van der Waals surface area contributed by atoms with Gasteiger partial charge in [-0.3, -0.25) is 9.59 Å². The molecule has 198 valence electrons. The number of nitrogens with one attached hydrogen (secondary N) is 1. The highest BCUT2D eigenvalue weighted by molar-refractivity contribution is 7.10. The summed E-state index contributed by atoms with van der Waals surface area (Å²) in [6.07, 6.45) is 4.58. The van der Waals surface area contributed by atoms with Crippen LogP contribution < -0.4 is 9.64 Å². The first-order valence-corrected chi connectivity index (χ1v) is 13.1. The molecule has 1 amide bonds. The summed E-state index contributed by atoms with van der Waals surface area (Å²) in [5.74, 6) is 0.234. The Morgan fingerprint density at radius 2 is 1.97 bits per heavy atom. The van der Waals surface area contributed by atoms with Crippen molar-refractivity contribution in [2.24, 2.45) is 0 Å². The van der Waals surface area contributed by atoms with E-state index in [-0.39, 0.29) is 11.6 Å². The highest BCUT2D eigenvalue weighted by atomic mass is 32.1. The number of pyridine rings is 1. The molecule has 0 unspecified atom stereocenters. The summed E-state index contributed by atoms with van der Waals surface area (Å²) in [7, 11) is 1.50. The number of aromatic nitrogens is 7. The molecule has 1 N–H and O–H groups in total. The van der Waals surface area contributed by atoms with Crippen molar-refractivity contribution >= 4 is 39.1 Å². The molecule has 1 atom stereocenters. The van der Waals surface area contributed by atoms with Crippen molar-refractivity contribution in [1.82, 2.24) is 39.2 Å². The van der Waals surface area contributed by atoms with Crippen LogP contribution in [0.25, 0.3) is 28.0 Å². The van der Waals surface area contributed by atoms with Crippen LogP contribution in [0.3, 0.4) is 0 Å². The lowest BCUT2D eigenvalue weighted by Gasteiger charge is -2.40. The number of benzene rings is 1. The Hall–Kier alpha value is -4.65. The number of piperazine rings is 1. The molecular formula is C26H25N9O3S. The van der Waals surface area contributed by atoms with Gasteiger partial charge in [-0.2, -0.15) is 5.10 Å². The lowest BCUT2D eigenvalue weighted by Crippen LogP contribution is -2.55. The number of ether oxygens (including phenoxy) is 1. The van der Waals surface area contributed by atoms with E-state index in [1.807, 2.05) is 37.3 Å². The Bertz CT molecular complexity index is 1680. The van der Waals surface area contributed by atoms with Crippen LogP contribution in [0.1, 0.15) is 23.1 Å². The van der Waals surface area contributed by atoms with E-state index in [4.69, 9.17) is 4.74 Å². The van der Waals surface area contributed by atoms with Crippen LogP contribution in [0.5, 0.6) is 5.75 Å². The molecule has 13 heteroatoms. The van der Waals surface area contributed by atoms with Crippen molar-refractivity contribution in [3.05, 3.63) is 60.4 Å². The summed E-state index contributed by atoms with van der Waals surface area (Å²) in [5, 5.41) is 10.1. The van der Waals surface area contributed by atoms with E-state index in [9.17, 15) is 9.59 Å². The zero-order valence-electron chi connectivity index (χ0n) is 21.5. The Balaban J connectivity index is 1.25. The molecule has 0 saturated carbocycles. The molecule has 5 aromatic rings. The molecule has 1 aromatic carbocycles. The smallest absolute Gasteiger partial charge is 0.295 e. The van der Waals surface area contributed by atoms with Gasteiger partial charge in [-0.15, -0.1) is 5.10 Å². The monoisotopic (exact) mass is 543 g/mol. The van der Waals surface area contributed by atoms with Gasteiger partial charge in [0.25, 0.3) is 11.7 Å². The fourth-order valence-corrected chi connectivity index (χ4v) is 5.65. The third kappa shape index (κ3) is 4.30. The zero-order chi connectivity index (χ0) is 27.1. The van der Waals surface area contributed by atoms with Gasteiger partial charge in [0.2, 0.25) is 0 Å². The van der Waals surface area contributed by atoms with Gasteiger partial charge in [-0.1, -0.05) is 34.8 Å². The number of aromatic amines is 1. The van der Waals surface area contributed by atoms with E-state index in [2.05, 4.69) is 34.5 Å². The third-order valence-corrected chi connectivity index (χ3v) is 7.62. The van der Waals surface area contributed by atoms with Crippen LogP contribution >= 0.6 is 11.5 Å². The first-order valence-electron chi connectivity index (χ1n) is 12.4. The van der Waals surface area contributed by atoms with E-state index in [0.29, 0.717) is 47.9 Å². The predicted octanol–water partition coefficient (Wildman–Crippen LogP) is 2.90. The number of fused-ring (bicyclic) bond motifs is 1. The van der Waals surface area contributed by atoms with Crippen molar-refractivity contribution in [2.75, 3.05) is 31.6 Å². The first kappa shape index (κ1) is 24.7. The third-order valence-electron chi connectivity index (χ3n) is 6.83. The van der Waals surface area contributed by atoms with E-state index in [1.165, 1.54) is 35.7 Å². The fourth-order valence-electron chi connectivity index (χ4n) is 4.92. The molecule has 0 radical (unpaired) electrons. The Labute approximate surface area is 227 Å². The van der Waals surface area contributed by atoms with Crippen LogP contribution in [-0.4, -0.2) is 83.7 Å². The zero-order valence-corrected chi connectivity index (χ0v) is 22.3. The molecule has 1 aliphatic heterocycles. The Morgan fingerprint density at radius 3 is 2.69 bits per heavy atom. The Kier molecular flexibility index (Phi) is 6.27. The van der Waals surface area contributed by atoms with E-state index < -0.39 is 11.7 Å². The Morgan fingerprint density at radius 1 is 1.15 bits per heavy atom. The van der Waals surface area contributed by atoms with Crippen molar-refractivity contribution in [2.45, 2.75) is 19.9 Å². The van der Waals surface area contributed by atoms with Gasteiger partial charge in [0.15, 0.2) is 5.82 Å². The van der Waals surface area contributed by atoms with Gasteiger partial charge in [-0.25, -0.2) is 14.6 Å². The maximum atomic E-state index is 13.6. The number of ketones is 1. The number of hydrogen-bond acceptors (Lipinski definition) is 10. The van der Waals surface area contributed by atoms with Crippen LogP contribution in [0.4, 0.5) is 5.00 Å². The van der Waals surface area contributed by atoms with Gasteiger partial charge in [-0.05, 0) is 13.8 Å². The number of amides is 1. The number of anilines is 1. The fraction of sp³-hybridized carbons (Fsp3) is 0.269. The summed E-state index contributed by atoms with van der Waals surface area (Å²) >= 11 is 1.33. The SMILES string of the molecule is COc1cnc(-n2cnc(C)n2)c2[nH]cc(C(=O)C(=O)N3CCN(c4snnc4-c4ccccc4)C[C@H]3C)c12. The minimum absolute atomic E-state index is 0.205. The van der Waals surface area contributed by atoms with E-state index in [1.54, 1.807) is 18.2 Å². The van der Waals surface area contributed by atoms with Gasteiger partial charge < -0.3 is 19.5 Å². The highest BCUT2D eigenvalue weighted by Crippen LogP contribution is 2.34. The summed E-state index contributed by atoms with van der Waals surface area (Å²) in [5.41, 5.74) is 2.56. The summed E-state index contributed by atoms with van der Waals surface area (Å²) in [4.78, 5) is 42.6. The van der Waals surface area contributed by atoms with Gasteiger partial charge in [0.05, 0.1) is 29.8 Å². The molecule has 1 saturated heterocycles. The lowest BCUT2D eigenvalue weighted by atomic mass is 10.1. The average molecular weight is 544 g/mol. The second kappa shape index (κ2) is 9.91. The number of carbonyl (C=O) groups is 2. The molecule has 6 rings (SSSR count). The van der Waals surface area contributed by atoms with Crippen molar-refractivity contribution in [3.63, 3.8) is 0 Å². The topological polar surface area (TPSA) is 135 Å². The highest BCUT2D eigenvalue weighted by Gasteiger charge is 2.35. The van der Waals surface area contributed by atoms with Crippen molar-refractivity contribution in [3.8, 4) is 22.8 Å².